The quantitative estimate of drug-likeness (QED) is 0.799. The SMILES string of the molecule is C=CCNc1ccnc(Nc2ccc(C#N)cc2)n1. The number of hydrogen-bond acceptors (Lipinski definition) is 5. The van der Waals surface area contributed by atoms with Gasteiger partial charge in [0.1, 0.15) is 5.82 Å². The van der Waals surface area contributed by atoms with Crippen LogP contribution in [0.1, 0.15) is 5.56 Å². The number of nitrogens with zero attached hydrogens (tertiary/aromatic N) is 3. The molecule has 1 heterocycles. The average Bonchev–Trinajstić information content (AvgIpc) is 2.46. The van der Waals surface area contributed by atoms with E-state index >= 15 is 0 Å². The van der Waals surface area contributed by atoms with Crippen molar-refractivity contribution in [1.82, 2.24) is 9.97 Å². The summed E-state index contributed by atoms with van der Waals surface area (Å²) < 4.78 is 0. The van der Waals surface area contributed by atoms with Gasteiger partial charge in [-0.1, -0.05) is 6.08 Å². The van der Waals surface area contributed by atoms with E-state index in [9.17, 15) is 0 Å². The van der Waals surface area contributed by atoms with E-state index in [1.807, 2.05) is 12.1 Å². The third kappa shape index (κ3) is 3.54. The first-order valence-electron chi connectivity index (χ1n) is 5.77. The fourth-order valence-corrected chi connectivity index (χ4v) is 1.45. The summed E-state index contributed by atoms with van der Waals surface area (Å²) in [6.45, 7) is 4.28. The Morgan fingerprint density at radius 2 is 2.05 bits per heavy atom. The van der Waals surface area contributed by atoms with Gasteiger partial charge in [0.15, 0.2) is 0 Å². The van der Waals surface area contributed by atoms with Gasteiger partial charge in [-0.2, -0.15) is 10.2 Å². The highest BCUT2D eigenvalue weighted by atomic mass is 15.1. The van der Waals surface area contributed by atoms with Crippen molar-refractivity contribution >= 4 is 17.5 Å². The molecule has 2 rings (SSSR count). The monoisotopic (exact) mass is 251 g/mol. The smallest absolute Gasteiger partial charge is 0.229 e. The van der Waals surface area contributed by atoms with Gasteiger partial charge in [0.05, 0.1) is 11.6 Å². The molecule has 5 heteroatoms. The van der Waals surface area contributed by atoms with E-state index in [1.165, 1.54) is 0 Å². The largest absolute Gasteiger partial charge is 0.366 e. The van der Waals surface area contributed by atoms with Crippen LogP contribution in [0.3, 0.4) is 0 Å². The van der Waals surface area contributed by atoms with Gasteiger partial charge in [-0.3, -0.25) is 0 Å². The number of hydrogen-bond donors (Lipinski definition) is 2. The molecule has 0 aliphatic rings. The Kier molecular flexibility index (Phi) is 4.09. The molecule has 1 aromatic heterocycles. The molecule has 0 aliphatic carbocycles. The van der Waals surface area contributed by atoms with Crippen molar-refractivity contribution in [3.05, 3.63) is 54.7 Å². The minimum atomic E-state index is 0.499. The first kappa shape index (κ1) is 12.6. The molecule has 0 fully saturated rings. The van der Waals surface area contributed by atoms with E-state index in [2.05, 4.69) is 33.2 Å². The zero-order chi connectivity index (χ0) is 13.5. The van der Waals surface area contributed by atoms with E-state index in [4.69, 9.17) is 5.26 Å². The first-order valence-corrected chi connectivity index (χ1v) is 5.77. The van der Waals surface area contributed by atoms with Crippen LogP contribution in [0.4, 0.5) is 17.5 Å². The maximum atomic E-state index is 8.73. The maximum Gasteiger partial charge on any atom is 0.229 e. The van der Waals surface area contributed by atoms with Crippen LogP contribution in [-0.4, -0.2) is 16.5 Å². The minimum Gasteiger partial charge on any atom is -0.366 e. The van der Waals surface area contributed by atoms with Gasteiger partial charge >= 0.3 is 0 Å². The Balaban J connectivity index is 2.09. The standard InChI is InChI=1S/C14H13N5/c1-2-8-16-13-7-9-17-14(19-13)18-12-5-3-11(10-15)4-6-12/h2-7,9H,1,8H2,(H2,16,17,18,19). The third-order valence-electron chi connectivity index (χ3n) is 2.35. The van der Waals surface area contributed by atoms with E-state index < -0.39 is 0 Å². The lowest BCUT2D eigenvalue weighted by Crippen LogP contribution is -2.03. The molecular formula is C14H13N5. The molecule has 0 radical (unpaired) electrons. The molecular weight excluding hydrogens is 238 g/mol. The first-order chi connectivity index (χ1) is 9.31. The van der Waals surface area contributed by atoms with Crippen molar-refractivity contribution in [1.29, 1.82) is 5.26 Å². The molecule has 0 bridgehead atoms. The number of nitriles is 1. The zero-order valence-electron chi connectivity index (χ0n) is 10.3. The van der Waals surface area contributed by atoms with Gasteiger partial charge < -0.3 is 10.6 Å². The normalized spacial score (nSPS) is 9.42. The molecule has 5 nitrogen and oxygen atoms in total. The minimum absolute atomic E-state index is 0.499. The van der Waals surface area contributed by atoms with Gasteiger partial charge in [-0.05, 0) is 30.3 Å². The molecule has 0 unspecified atom stereocenters. The Bertz CT molecular complexity index is 598. The molecule has 19 heavy (non-hydrogen) atoms. The second-order valence-electron chi connectivity index (χ2n) is 3.75. The Morgan fingerprint density at radius 3 is 2.74 bits per heavy atom. The van der Waals surface area contributed by atoms with Crippen molar-refractivity contribution in [2.24, 2.45) is 0 Å². The van der Waals surface area contributed by atoms with E-state index in [0.717, 1.165) is 11.5 Å². The molecule has 0 amide bonds. The average molecular weight is 251 g/mol. The van der Waals surface area contributed by atoms with Crippen LogP contribution < -0.4 is 10.6 Å². The number of anilines is 3. The summed E-state index contributed by atoms with van der Waals surface area (Å²) in [4.78, 5) is 8.43. The van der Waals surface area contributed by atoms with Gasteiger partial charge in [-0.25, -0.2) is 4.98 Å². The second kappa shape index (κ2) is 6.17. The number of benzene rings is 1. The van der Waals surface area contributed by atoms with Crippen LogP contribution in [0.2, 0.25) is 0 Å². The predicted molar refractivity (Wildman–Crippen MR) is 75.2 cm³/mol. The Morgan fingerprint density at radius 1 is 1.26 bits per heavy atom. The Labute approximate surface area is 111 Å². The third-order valence-corrected chi connectivity index (χ3v) is 2.35. The number of nitrogens with one attached hydrogen (secondary N) is 2. The van der Waals surface area contributed by atoms with Gasteiger partial charge in [0.2, 0.25) is 5.95 Å². The van der Waals surface area contributed by atoms with Crippen molar-refractivity contribution in [2.45, 2.75) is 0 Å². The lowest BCUT2D eigenvalue weighted by atomic mass is 10.2. The summed E-state index contributed by atoms with van der Waals surface area (Å²) in [6.07, 6.45) is 3.43. The molecule has 0 saturated heterocycles. The van der Waals surface area contributed by atoms with E-state index in [-0.39, 0.29) is 0 Å². The fourth-order valence-electron chi connectivity index (χ4n) is 1.45. The molecule has 0 spiro atoms. The van der Waals surface area contributed by atoms with Crippen LogP contribution in [-0.2, 0) is 0 Å². The van der Waals surface area contributed by atoms with Crippen molar-refractivity contribution in [2.75, 3.05) is 17.2 Å². The molecule has 0 saturated carbocycles. The summed E-state index contributed by atoms with van der Waals surface area (Å²) in [5.41, 5.74) is 1.45. The van der Waals surface area contributed by atoms with Gasteiger partial charge in [0.25, 0.3) is 0 Å². The molecule has 94 valence electrons. The van der Waals surface area contributed by atoms with Crippen LogP contribution >= 0.6 is 0 Å². The lowest BCUT2D eigenvalue weighted by molar-refractivity contribution is 1.14. The van der Waals surface area contributed by atoms with Crippen LogP contribution in [0.15, 0.2) is 49.2 Å². The number of rotatable bonds is 5. The summed E-state index contributed by atoms with van der Waals surface area (Å²) in [5.74, 6) is 1.23. The topological polar surface area (TPSA) is 73.6 Å². The zero-order valence-corrected chi connectivity index (χ0v) is 10.3. The predicted octanol–water partition coefficient (Wildman–Crippen LogP) is 2.69. The molecule has 0 atom stereocenters. The highest BCUT2D eigenvalue weighted by Crippen LogP contribution is 2.14. The van der Waals surface area contributed by atoms with Crippen molar-refractivity contribution in [3.8, 4) is 6.07 Å². The van der Waals surface area contributed by atoms with Crippen LogP contribution in [0.5, 0.6) is 0 Å². The molecule has 0 aliphatic heterocycles. The molecule has 1 aromatic carbocycles. The summed E-state index contributed by atoms with van der Waals surface area (Å²) >= 11 is 0. The van der Waals surface area contributed by atoms with Crippen LogP contribution in [0, 0.1) is 11.3 Å². The number of aromatic nitrogens is 2. The summed E-state index contributed by atoms with van der Waals surface area (Å²) in [5, 5.41) is 14.9. The highest BCUT2D eigenvalue weighted by Gasteiger charge is 1.99. The molecule has 2 N–H and O–H groups in total. The summed E-state index contributed by atoms with van der Waals surface area (Å²) in [7, 11) is 0. The van der Waals surface area contributed by atoms with Crippen LogP contribution in [0.25, 0.3) is 0 Å². The lowest BCUT2D eigenvalue weighted by Gasteiger charge is -2.07. The second-order valence-corrected chi connectivity index (χ2v) is 3.75. The van der Waals surface area contributed by atoms with Crippen molar-refractivity contribution in [3.63, 3.8) is 0 Å². The maximum absolute atomic E-state index is 8.73. The van der Waals surface area contributed by atoms with Crippen molar-refractivity contribution < 1.29 is 0 Å². The van der Waals surface area contributed by atoms with Gasteiger partial charge in [-0.15, -0.1) is 6.58 Å². The van der Waals surface area contributed by atoms with E-state index in [1.54, 1.807) is 30.5 Å². The Hall–Kier alpha value is -2.87. The summed E-state index contributed by atoms with van der Waals surface area (Å²) in [6, 6.07) is 11.0. The van der Waals surface area contributed by atoms with E-state index in [0.29, 0.717) is 18.1 Å². The highest BCUT2D eigenvalue weighted by molar-refractivity contribution is 5.56. The van der Waals surface area contributed by atoms with Gasteiger partial charge in [0, 0.05) is 18.4 Å². The fraction of sp³-hybridized carbons (Fsp3) is 0.0714. The molecule has 2 aromatic rings.